The molecule has 2 bridgehead atoms. The van der Waals surface area contributed by atoms with Crippen LogP contribution in [0.4, 0.5) is 11.4 Å². The molecule has 1 saturated heterocycles. The molecular formula is C26H34Br2N2O6. The number of fused-ring (bicyclic) bond motifs is 17. The molecule has 0 N–H and O–H groups in total. The third kappa shape index (κ3) is 8.49. The predicted octanol–water partition coefficient (Wildman–Crippen LogP) is 4.38. The summed E-state index contributed by atoms with van der Waals surface area (Å²) in [5.41, 5.74) is 1.99. The van der Waals surface area contributed by atoms with Crippen LogP contribution in [-0.4, -0.2) is 92.2 Å². The van der Waals surface area contributed by atoms with E-state index in [1.54, 1.807) is 0 Å². The van der Waals surface area contributed by atoms with E-state index in [1.807, 2.05) is 24.3 Å². The molecule has 0 aliphatic carbocycles. The number of nitrogens with zero attached hydrogens (tertiary/aromatic N) is 2. The zero-order chi connectivity index (χ0) is 25.0. The minimum Gasteiger partial charge on any atom is -0.488 e. The fourth-order valence-corrected chi connectivity index (χ4v) is 4.76. The van der Waals surface area contributed by atoms with Crippen molar-refractivity contribution in [3.63, 3.8) is 0 Å². The Hall–Kier alpha value is -1.56. The van der Waals surface area contributed by atoms with Gasteiger partial charge in [-0.15, -0.1) is 0 Å². The standard InChI is InChI=1S/C26H34Br2N2O6/c27-21-1-3-23-25(19-21)35-17-18-36-26-20-22(28)2-4-24(26)30-7-11-33-15-13-31-9-5-29(23)6-10-32-14-16-34-12-8-30/h1-4,19-20H,5-18H2. The van der Waals surface area contributed by atoms with Crippen molar-refractivity contribution < 1.29 is 28.4 Å². The fourth-order valence-electron chi connectivity index (χ4n) is 4.08. The lowest BCUT2D eigenvalue weighted by molar-refractivity contribution is 0.0434. The van der Waals surface area contributed by atoms with Gasteiger partial charge in [0.1, 0.15) is 24.7 Å². The Morgan fingerprint density at radius 2 is 0.833 bits per heavy atom. The zero-order valence-electron chi connectivity index (χ0n) is 20.5. The van der Waals surface area contributed by atoms with Crippen LogP contribution in [0, 0.1) is 0 Å². The first-order valence-corrected chi connectivity index (χ1v) is 13.9. The average Bonchev–Trinajstić information content (AvgIpc) is 2.87. The van der Waals surface area contributed by atoms with E-state index in [4.69, 9.17) is 28.4 Å². The topological polar surface area (TPSA) is 61.9 Å². The maximum Gasteiger partial charge on any atom is 0.143 e. The number of ether oxygens (including phenoxy) is 6. The van der Waals surface area contributed by atoms with Gasteiger partial charge in [-0.2, -0.15) is 0 Å². The van der Waals surface area contributed by atoms with E-state index in [2.05, 4.69) is 53.8 Å². The highest BCUT2D eigenvalue weighted by atomic mass is 79.9. The number of hydrogen-bond acceptors (Lipinski definition) is 8. The normalized spacial score (nSPS) is 19.4. The van der Waals surface area contributed by atoms with E-state index in [-0.39, 0.29) is 0 Å². The van der Waals surface area contributed by atoms with Gasteiger partial charge in [0.2, 0.25) is 0 Å². The monoisotopic (exact) mass is 628 g/mol. The smallest absolute Gasteiger partial charge is 0.143 e. The van der Waals surface area contributed by atoms with Gasteiger partial charge in [-0.3, -0.25) is 0 Å². The van der Waals surface area contributed by atoms with Gasteiger partial charge in [0.05, 0.1) is 64.2 Å². The molecule has 2 aromatic rings. The van der Waals surface area contributed by atoms with E-state index >= 15 is 0 Å². The predicted molar refractivity (Wildman–Crippen MR) is 147 cm³/mol. The molecular weight excluding hydrogens is 596 g/mol. The Bertz CT molecular complexity index is 855. The second kappa shape index (κ2) is 15.0. The van der Waals surface area contributed by atoms with E-state index in [0.29, 0.717) is 92.2 Å². The first-order chi connectivity index (χ1) is 17.7. The number of halogens is 2. The number of benzene rings is 2. The molecule has 3 aliphatic rings. The molecule has 0 spiro atoms. The van der Waals surface area contributed by atoms with Crippen molar-refractivity contribution in [3.8, 4) is 11.5 Å². The summed E-state index contributed by atoms with van der Waals surface area (Å²) in [5.74, 6) is 1.58. The molecule has 8 nitrogen and oxygen atoms in total. The Morgan fingerprint density at radius 1 is 0.472 bits per heavy atom. The first kappa shape index (κ1) is 27.5. The van der Waals surface area contributed by atoms with Gasteiger partial charge in [-0.25, -0.2) is 0 Å². The molecule has 0 unspecified atom stereocenters. The molecule has 1 fully saturated rings. The van der Waals surface area contributed by atoms with E-state index in [0.717, 1.165) is 31.8 Å². The van der Waals surface area contributed by atoms with Gasteiger partial charge < -0.3 is 38.2 Å². The molecule has 3 aliphatic heterocycles. The van der Waals surface area contributed by atoms with Crippen LogP contribution >= 0.6 is 31.9 Å². The summed E-state index contributed by atoms with van der Waals surface area (Å²) in [7, 11) is 0. The summed E-state index contributed by atoms with van der Waals surface area (Å²) < 4.78 is 38.0. The van der Waals surface area contributed by atoms with Gasteiger partial charge in [0, 0.05) is 35.1 Å². The molecule has 0 radical (unpaired) electrons. The summed E-state index contributed by atoms with van der Waals surface area (Å²) in [6.45, 7) is 8.17. The summed E-state index contributed by atoms with van der Waals surface area (Å²) in [6.07, 6.45) is 0. The maximum atomic E-state index is 6.24. The highest BCUT2D eigenvalue weighted by molar-refractivity contribution is 9.10. The van der Waals surface area contributed by atoms with Crippen LogP contribution in [0.2, 0.25) is 0 Å². The van der Waals surface area contributed by atoms with Crippen LogP contribution in [-0.2, 0) is 18.9 Å². The second-order valence-corrected chi connectivity index (χ2v) is 10.2. The van der Waals surface area contributed by atoms with Crippen LogP contribution in [0.5, 0.6) is 11.5 Å². The Kier molecular flexibility index (Phi) is 11.4. The lowest BCUT2D eigenvalue weighted by atomic mass is 10.2. The van der Waals surface area contributed by atoms with Crippen LogP contribution in [0.15, 0.2) is 45.3 Å². The van der Waals surface area contributed by atoms with Gasteiger partial charge in [0.25, 0.3) is 0 Å². The molecule has 36 heavy (non-hydrogen) atoms. The summed E-state index contributed by atoms with van der Waals surface area (Å²) in [4.78, 5) is 4.47. The number of rotatable bonds is 0. The van der Waals surface area contributed by atoms with Crippen molar-refractivity contribution >= 4 is 43.2 Å². The van der Waals surface area contributed by atoms with Crippen molar-refractivity contribution in [1.29, 1.82) is 0 Å². The Morgan fingerprint density at radius 3 is 1.19 bits per heavy atom. The zero-order valence-corrected chi connectivity index (χ0v) is 23.6. The largest absolute Gasteiger partial charge is 0.488 e. The summed E-state index contributed by atoms with van der Waals surface area (Å²) in [5, 5.41) is 0. The van der Waals surface area contributed by atoms with Crippen LogP contribution in [0.3, 0.4) is 0 Å². The first-order valence-electron chi connectivity index (χ1n) is 12.4. The maximum absolute atomic E-state index is 6.24. The Labute approximate surface area is 230 Å². The molecule has 2 aromatic carbocycles. The molecule has 3 heterocycles. The van der Waals surface area contributed by atoms with Crippen LogP contribution < -0.4 is 19.3 Å². The van der Waals surface area contributed by atoms with Crippen molar-refractivity contribution in [2.45, 2.75) is 0 Å². The molecule has 198 valence electrons. The third-order valence-electron chi connectivity index (χ3n) is 5.89. The number of anilines is 2. The lowest BCUT2D eigenvalue weighted by Gasteiger charge is -2.29. The molecule has 0 amide bonds. The molecule has 10 heteroatoms. The second-order valence-electron chi connectivity index (χ2n) is 8.34. The Balaban J connectivity index is 1.63. The lowest BCUT2D eigenvalue weighted by Crippen LogP contribution is -2.33. The highest BCUT2D eigenvalue weighted by Crippen LogP contribution is 2.33. The van der Waals surface area contributed by atoms with Gasteiger partial charge >= 0.3 is 0 Å². The average molecular weight is 630 g/mol. The SMILES string of the molecule is Brc1ccc2c(c1)OCCOc1cc(Br)ccc1N1CCOCCOCCN2CCOCCOCC1. The van der Waals surface area contributed by atoms with Crippen molar-refractivity contribution in [1.82, 2.24) is 0 Å². The molecule has 0 atom stereocenters. The van der Waals surface area contributed by atoms with Crippen molar-refractivity contribution in [3.05, 3.63) is 45.3 Å². The van der Waals surface area contributed by atoms with Gasteiger partial charge in [-0.1, -0.05) is 31.9 Å². The van der Waals surface area contributed by atoms with Crippen molar-refractivity contribution in [2.24, 2.45) is 0 Å². The highest BCUT2D eigenvalue weighted by Gasteiger charge is 2.17. The molecule has 0 aromatic heterocycles. The molecule has 5 rings (SSSR count). The van der Waals surface area contributed by atoms with Crippen LogP contribution in [0.25, 0.3) is 0 Å². The summed E-state index contributed by atoms with van der Waals surface area (Å²) >= 11 is 7.16. The fraction of sp³-hybridized carbons (Fsp3) is 0.538. The van der Waals surface area contributed by atoms with Crippen molar-refractivity contribution in [2.75, 3.05) is 102 Å². The quantitative estimate of drug-likeness (QED) is 0.426. The van der Waals surface area contributed by atoms with Gasteiger partial charge in [-0.05, 0) is 36.4 Å². The van der Waals surface area contributed by atoms with E-state index < -0.39 is 0 Å². The van der Waals surface area contributed by atoms with Gasteiger partial charge in [0.15, 0.2) is 0 Å². The minimum atomic E-state index is 0.405. The molecule has 0 saturated carbocycles. The minimum absolute atomic E-state index is 0.405. The number of hydrogen-bond donors (Lipinski definition) is 0. The summed E-state index contributed by atoms with van der Waals surface area (Å²) in [6, 6.07) is 12.2. The van der Waals surface area contributed by atoms with E-state index in [1.165, 1.54) is 0 Å². The third-order valence-corrected chi connectivity index (χ3v) is 6.88. The van der Waals surface area contributed by atoms with E-state index in [9.17, 15) is 0 Å². The van der Waals surface area contributed by atoms with Crippen LogP contribution in [0.1, 0.15) is 0 Å².